The van der Waals surface area contributed by atoms with E-state index in [1.807, 2.05) is 52.0 Å². The summed E-state index contributed by atoms with van der Waals surface area (Å²) in [5.74, 6) is -0.852. The minimum absolute atomic E-state index is 0.0427. The van der Waals surface area contributed by atoms with Crippen LogP contribution in [0.15, 0.2) is 77.7 Å². The third-order valence-electron chi connectivity index (χ3n) is 6.32. The number of benzene rings is 3. The van der Waals surface area contributed by atoms with E-state index >= 15 is 0 Å². The molecule has 0 aliphatic carbocycles. The molecule has 1 atom stereocenters. The SMILES string of the molecule is Cc1ccccc1CN(C(=O)CN(c1cc(Cl)ccc1C)S(=O)(=O)c1ccccc1)C(C)C(=O)NC(C)(C)C. The highest BCUT2D eigenvalue weighted by Crippen LogP contribution is 2.30. The molecule has 0 heterocycles. The normalized spacial score (nSPS) is 12.5. The van der Waals surface area contributed by atoms with Crippen LogP contribution in [0.25, 0.3) is 0 Å². The maximum atomic E-state index is 14.0. The molecule has 208 valence electrons. The number of hydrogen-bond donors (Lipinski definition) is 1. The van der Waals surface area contributed by atoms with E-state index < -0.39 is 34.1 Å². The maximum Gasteiger partial charge on any atom is 0.264 e. The van der Waals surface area contributed by atoms with Gasteiger partial charge in [0, 0.05) is 17.1 Å². The van der Waals surface area contributed by atoms with Crippen LogP contribution in [-0.2, 0) is 26.2 Å². The quantitative estimate of drug-likeness (QED) is 0.369. The van der Waals surface area contributed by atoms with Gasteiger partial charge in [-0.25, -0.2) is 8.42 Å². The van der Waals surface area contributed by atoms with Crippen LogP contribution in [0, 0.1) is 13.8 Å². The Labute approximate surface area is 236 Å². The molecule has 0 saturated heterocycles. The van der Waals surface area contributed by atoms with E-state index in [0.717, 1.165) is 15.4 Å². The van der Waals surface area contributed by atoms with Gasteiger partial charge in [-0.15, -0.1) is 0 Å². The molecule has 3 aromatic rings. The second kappa shape index (κ2) is 12.2. The molecular weight excluding hydrogens is 534 g/mol. The molecule has 1 N–H and O–H groups in total. The Balaban J connectivity index is 2.08. The minimum atomic E-state index is -4.15. The number of nitrogens with zero attached hydrogens (tertiary/aromatic N) is 2. The molecule has 3 rings (SSSR count). The molecule has 39 heavy (non-hydrogen) atoms. The summed E-state index contributed by atoms with van der Waals surface area (Å²) in [5, 5.41) is 3.27. The first kappa shape index (κ1) is 30.2. The molecule has 0 spiro atoms. The van der Waals surface area contributed by atoms with Gasteiger partial charge in [0.1, 0.15) is 12.6 Å². The lowest BCUT2D eigenvalue weighted by Crippen LogP contribution is -2.54. The molecule has 0 radical (unpaired) electrons. The highest BCUT2D eigenvalue weighted by Gasteiger charge is 2.34. The number of rotatable bonds is 9. The largest absolute Gasteiger partial charge is 0.350 e. The topological polar surface area (TPSA) is 86.8 Å². The summed E-state index contributed by atoms with van der Waals surface area (Å²) in [4.78, 5) is 28.7. The summed E-state index contributed by atoms with van der Waals surface area (Å²) < 4.78 is 28.9. The molecule has 7 nitrogen and oxygen atoms in total. The Kier molecular flexibility index (Phi) is 9.46. The standard InChI is InChI=1S/C30H36ClN3O4S/c1-21-12-10-11-13-24(21)19-33(23(3)29(36)32-30(4,5)6)28(35)20-34(27-18-25(31)17-16-22(27)2)39(37,38)26-14-8-7-9-15-26/h7-18,23H,19-20H2,1-6H3,(H,32,36). The lowest BCUT2D eigenvalue weighted by molar-refractivity contribution is -0.140. The van der Waals surface area contributed by atoms with Gasteiger partial charge in [-0.05, 0) is 82.5 Å². The van der Waals surface area contributed by atoms with Crippen molar-refractivity contribution in [1.82, 2.24) is 10.2 Å². The molecule has 0 aliphatic heterocycles. The summed E-state index contributed by atoms with van der Waals surface area (Å²) in [6.07, 6.45) is 0. The lowest BCUT2D eigenvalue weighted by Gasteiger charge is -2.34. The predicted molar refractivity (Wildman–Crippen MR) is 156 cm³/mol. The predicted octanol–water partition coefficient (Wildman–Crippen LogP) is 5.48. The summed E-state index contributed by atoms with van der Waals surface area (Å²) in [7, 11) is -4.15. The van der Waals surface area contributed by atoms with E-state index in [1.54, 1.807) is 44.2 Å². The van der Waals surface area contributed by atoms with Crippen molar-refractivity contribution in [2.24, 2.45) is 0 Å². The van der Waals surface area contributed by atoms with Gasteiger partial charge in [0.05, 0.1) is 10.6 Å². The summed E-state index contributed by atoms with van der Waals surface area (Å²) >= 11 is 6.26. The van der Waals surface area contributed by atoms with E-state index in [0.29, 0.717) is 16.3 Å². The van der Waals surface area contributed by atoms with Crippen LogP contribution >= 0.6 is 11.6 Å². The van der Waals surface area contributed by atoms with Crippen molar-refractivity contribution in [3.63, 3.8) is 0 Å². The van der Waals surface area contributed by atoms with Crippen LogP contribution in [0.4, 0.5) is 5.69 Å². The Morgan fingerprint density at radius 3 is 2.15 bits per heavy atom. The van der Waals surface area contributed by atoms with Crippen LogP contribution in [0.5, 0.6) is 0 Å². The third kappa shape index (κ3) is 7.61. The first-order valence-electron chi connectivity index (χ1n) is 12.7. The number of carbonyl (C=O) groups excluding carboxylic acids is 2. The number of anilines is 1. The third-order valence-corrected chi connectivity index (χ3v) is 8.33. The molecule has 0 bridgehead atoms. The van der Waals surface area contributed by atoms with E-state index in [1.165, 1.54) is 23.1 Å². The summed E-state index contributed by atoms with van der Waals surface area (Å²) in [6, 6.07) is 19.6. The second-order valence-electron chi connectivity index (χ2n) is 10.6. The van der Waals surface area contributed by atoms with Crippen LogP contribution in [0.2, 0.25) is 5.02 Å². The molecule has 0 saturated carbocycles. The molecule has 9 heteroatoms. The monoisotopic (exact) mass is 569 g/mol. The second-order valence-corrected chi connectivity index (χ2v) is 12.9. The maximum absolute atomic E-state index is 14.0. The van der Waals surface area contributed by atoms with Gasteiger partial charge in [-0.1, -0.05) is 60.1 Å². The zero-order valence-electron chi connectivity index (χ0n) is 23.2. The van der Waals surface area contributed by atoms with Gasteiger partial charge < -0.3 is 10.2 Å². The summed E-state index contributed by atoms with van der Waals surface area (Å²) in [5.41, 5.74) is 2.23. The molecule has 1 unspecified atom stereocenters. The van der Waals surface area contributed by atoms with E-state index in [2.05, 4.69) is 5.32 Å². The fourth-order valence-corrected chi connectivity index (χ4v) is 5.77. The molecule has 0 aromatic heterocycles. The lowest BCUT2D eigenvalue weighted by atomic mass is 10.1. The number of carbonyl (C=O) groups is 2. The molecule has 2 amide bonds. The highest BCUT2D eigenvalue weighted by molar-refractivity contribution is 7.92. The zero-order chi connectivity index (χ0) is 29.0. The molecular formula is C30H36ClN3O4S. The van der Waals surface area contributed by atoms with E-state index in [4.69, 9.17) is 11.6 Å². The van der Waals surface area contributed by atoms with Gasteiger partial charge in [-0.2, -0.15) is 0 Å². The molecule has 3 aromatic carbocycles. The van der Waals surface area contributed by atoms with E-state index in [-0.39, 0.29) is 17.3 Å². The Hall–Kier alpha value is -3.36. The van der Waals surface area contributed by atoms with Crippen molar-refractivity contribution < 1.29 is 18.0 Å². The Morgan fingerprint density at radius 1 is 0.923 bits per heavy atom. The van der Waals surface area contributed by atoms with Crippen molar-refractivity contribution in [2.75, 3.05) is 10.8 Å². The number of hydrogen-bond acceptors (Lipinski definition) is 4. The van der Waals surface area contributed by atoms with E-state index in [9.17, 15) is 18.0 Å². The van der Waals surface area contributed by atoms with Gasteiger partial charge in [0.2, 0.25) is 11.8 Å². The van der Waals surface area contributed by atoms with Crippen molar-refractivity contribution >= 4 is 39.1 Å². The van der Waals surface area contributed by atoms with Crippen molar-refractivity contribution in [3.05, 3.63) is 94.5 Å². The highest BCUT2D eigenvalue weighted by atomic mass is 35.5. The van der Waals surface area contributed by atoms with Gasteiger partial charge >= 0.3 is 0 Å². The average molecular weight is 570 g/mol. The molecule has 0 fully saturated rings. The fourth-order valence-electron chi connectivity index (χ4n) is 4.11. The fraction of sp³-hybridized carbons (Fsp3) is 0.333. The number of aryl methyl sites for hydroxylation is 2. The van der Waals surface area contributed by atoms with Crippen LogP contribution in [0.3, 0.4) is 0 Å². The van der Waals surface area contributed by atoms with Crippen molar-refractivity contribution in [3.8, 4) is 0 Å². The van der Waals surface area contributed by atoms with Crippen LogP contribution in [-0.4, -0.2) is 43.3 Å². The van der Waals surface area contributed by atoms with Gasteiger partial charge in [-0.3, -0.25) is 13.9 Å². The molecule has 0 aliphatic rings. The van der Waals surface area contributed by atoms with Crippen molar-refractivity contribution in [2.45, 2.75) is 64.6 Å². The first-order valence-corrected chi connectivity index (χ1v) is 14.5. The number of amides is 2. The first-order chi connectivity index (χ1) is 18.2. The van der Waals surface area contributed by atoms with Gasteiger partial charge in [0.25, 0.3) is 10.0 Å². The smallest absolute Gasteiger partial charge is 0.264 e. The Morgan fingerprint density at radius 2 is 1.54 bits per heavy atom. The summed E-state index contributed by atoms with van der Waals surface area (Å²) in [6.45, 7) is 10.5. The number of halogens is 1. The van der Waals surface area contributed by atoms with Crippen LogP contribution in [0.1, 0.15) is 44.4 Å². The van der Waals surface area contributed by atoms with Gasteiger partial charge in [0.15, 0.2) is 0 Å². The Bertz CT molecular complexity index is 1440. The van der Waals surface area contributed by atoms with Crippen molar-refractivity contribution in [1.29, 1.82) is 0 Å². The minimum Gasteiger partial charge on any atom is -0.350 e. The van der Waals surface area contributed by atoms with Crippen LogP contribution < -0.4 is 9.62 Å². The average Bonchev–Trinajstić information content (AvgIpc) is 2.87. The number of sulfonamides is 1. The number of nitrogens with one attached hydrogen (secondary N) is 1. The zero-order valence-corrected chi connectivity index (χ0v) is 24.8.